The van der Waals surface area contributed by atoms with Gasteiger partial charge in [-0.05, 0) is 67.1 Å². The van der Waals surface area contributed by atoms with Crippen molar-refractivity contribution in [1.29, 1.82) is 0 Å². The van der Waals surface area contributed by atoms with Gasteiger partial charge in [0.25, 0.3) is 0 Å². The lowest BCUT2D eigenvalue weighted by Gasteiger charge is -2.16. The van der Waals surface area contributed by atoms with Crippen LogP contribution in [0.25, 0.3) is 11.1 Å². The van der Waals surface area contributed by atoms with E-state index in [9.17, 15) is 4.79 Å². The van der Waals surface area contributed by atoms with Crippen LogP contribution in [-0.4, -0.2) is 38.5 Å². The minimum Gasteiger partial charge on any atom is -0.494 e. The molecule has 0 amide bonds. The number of carbonyl (C=O) groups is 1. The monoisotopic (exact) mass is 502 g/mol. The molecule has 5 nitrogen and oxygen atoms in total. The highest BCUT2D eigenvalue weighted by Crippen LogP contribution is 2.50. The highest BCUT2D eigenvalue weighted by atomic mass is 16.6. The van der Waals surface area contributed by atoms with Crippen molar-refractivity contribution in [3.63, 3.8) is 0 Å². The zero-order chi connectivity index (χ0) is 26.0. The summed E-state index contributed by atoms with van der Waals surface area (Å²) in [4.78, 5) is 12.2. The number of unbranched alkanes of at least 4 members (excludes halogenated alkanes) is 1. The molecule has 196 valence electrons. The SMILES string of the molecule is CCCCOc1cccc2c1-c1ccccc1C2CCOc1ccc(CC(OCC)C(=O)OCC)cc1. The predicted octanol–water partition coefficient (Wildman–Crippen LogP) is 6.96. The van der Waals surface area contributed by atoms with Gasteiger partial charge in [0.05, 0.1) is 19.8 Å². The minimum absolute atomic E-state index is 0.275. The Labute approximate surface area is 220 Å². The molecule has 0 N–H and O–H groups in total. The Morgan fingerprint density at radius 1 is 0.838 bits per heavy atom. The summed E-state index contributed by atoms with van der Waals surface area (Å²) in [5, 5.41) is 0. The summed E-state index contributed by atoms with van der Waals surface area (Å²) in [7, 11) is 0. The number of ether oxygens (including phenoxy) is 4. The number of hydrogen-bond acceptors (Lipinski definition) is 5. The summed E-state index contributed by atoms with van der Waals surface area (Å²) in [6.07, 6.45) is 2.93. The standard InChI is InChI=1S/C32H38O5/c1-4-7-20-37-29-14-10-13-28-26(25-11-8-9-12-27(25)31(28)29)19-21-36-24-17-15-23(16-18-24)22-30(34-5-2)32(33)35-6-3/h8-18,26,30H,4-7,19-22H2,1-3H3. The minimum atomic E-state index is -0.588. The summed E-state index contributed by atoms with van der Waals surface area (Å²) in [5.74, 6) is 1.75. The molecule has 0 spiro atoms. The van der Waals surface area contributed by atoms with Gasteiger partial charge in [0.15, 0.2) is 6.10 Å². The Hall–Kier alpha value is -3.31. The molecule has 1 aliphatic rings. The van der Waals surface area contributed by atoms with Gasteiger partial charge < -0.3 is 18.9 Å². The van der Waals surface area contributed by atoms with Crippen molar-refractivity contribution >= 4 is 5.97 Å². The summed E-state index contributed by atoms with van der Waals surface area (Å²) in [6, 6.07) is 22.9. The molecular weight excluding hydrogens is 464 g/mol. The lowest BCUT2D eigenvalue weighted by molar-refractivity contribution is -0.156. The van der Waals surface area contributed by atoms with Crippen molar-refractivity contribution < 1.29 is 23.7 Å². The lowest BCUT2D eigenvalue weighted by Crippen LogP contribution is -2.28. The second-order valence-electron chi connectivity index (χ2n) is 9.24. The Bertz CT molecular complexity index is 1150. The van der Waals surface area contributed by atoms with Gasteiger partial charge in [-0.25, -0.2) is 4.79 Å². The first kappa shape index (κ1) is 26.7. The third-order valence-corrected chi connectivity index (χ3v) is 6.73. The molecule has 1 aliphatic carbocycles. The van der Waals surface area contributed by atoms with Gasteiger partial charge in [0.2, 0.25) is 0 Å². The molecule has 37 heavy (non-hydrogen) atoms. The molecule has 0 fully saturated rings. The van der Waals surface area contributed by atoms with E-state index in [4.69, 9.17) is 18.9 Å². The van der Waals surface area contributed by atoms with Crippen LogP contribution in [0.2, 0.25) is 0 Å². The van der Waals surface area contributed by atoms with Gasteiger partial charge in [-0.3, -0.25) is 0 Å². The molecule has 0 aromatic heterocycles. The molecular formula is C32H38O5. The van der Waals surface area contributed by atoms with Gasteiger partial charge in [-0.2, -0.15) is 0 Å². The van der Waals surface area contributed by atoms with E-state index in [1.807, 2.05) is 31.2 Å². The molecule has 0 aliphatic heterocycles. The first-order valence-corrected chi connectivity index (χ1v) is 13.5. The Morgan fingerprint density at radius 2 is 1.62 bits per heavy atom. The first-order valence-electron chi connectivity index (χ1n) is 13.5. The van der Waals surface area contributed by atoms with Crippen molar-refractivity contribution in [2.75, 3.05) is 26.4 Å². The van der Waals surface area contributed by atoms with Gasteiger partial charge >= 0.3 is 5.97 Å². The Balaban J connectivity index is 1.40. The molecule has 0 saturated heterocycles. The Kier molecular flexibility index (Phi) is 9.61. The maximum absolute atomic E-state index is 12.2. The summed E-state index contributed by atoms with van der Waals surface area (Å²) in [5.41, 5.74) is 6.16. The van der Waals surface area contributed by atoms with Crippen LogP contribution < -0.4 is 9.47 Å². The van der Waals surface area contributed by atoms with Crippen LogP contribution in [0.15, 0.2) is 66.7 Å². The second kappa shape index (κ2) is 13.3. The van der Waals surface area contributed by atoms with Crippen LogP contribution in [0.5, 0.6) is 11.5 Å². The predicted molar refractivity (Wildman–Crippen MR) is 146 cm³/mol. The fourth-order valence-electron chi connectivity index (χ4n) is 4.96. The quantitative estimate of drug-likeness (QED) is 0.176. The van der Waals surface area contributed by atoms with Crippen LogP contribution in [0.3, 0.4) is 0 Å². The van der Waals surface area contributed by atoms with E-state index < -0.39 is 6.10 Å². The molecule has 5 heteroatoms. The smallest absolute Gasteiger partial charge is 0.335 e. The van der Waals surface area contributed by atoms with Crippen molar-refractivity contribution in [3.05, 3.63) is 83.4 Å². The topological polar surface area (TPSA) is 54.0 Å². The molecule has 0 saturated carbocycles. The zero-order valence-electron chi connectivity index (χ0n) is 22.2. The van der Waals surface area contributed by atoms with E-state index in [2.05, 4.69) is 49.4 Å². The van der Waals surface area contributed by atoms with Crippen molar-refractivity contribution in [2.45, 2.75) is 58.5 Å². The van der Waals surface area contributed by atoms with Gasteiger partial charge in [-0.1, -0.05) is 61.9 Å². The number of esters is 1. The highest BCUT2D eigenvalue weighted by molar-refractivity contribution is 5.83. The van der Waals surface area contributed by atoms with E-state index >= 15 is 0 Å². The third kappa shape index (κ3) is 6.53. The molecule has 0 bridgehead atoms. The average Bonchev–Trinajstić information content (AvgIpc) is 3.24. The average molecular weight is 503 g/mol. The molecule has 3 aromatic carbocycles. The molecule has 0 radical (unpaired) electrons. The molecule has 2 unspecified atom stereocenters. The van der Waals surface area contributed by atoms with E-state index in [0.717, 1.165) is 42.9 Å². The summed E-state index contributed by atoms with van der Waals surface area (Å²) < 4.78 is 23.1. The van der Waals surface area contributed by atoms with Gasteiger partial charge in [0.1, 0.15) is 11.5 Å². The maximum atomic E-state index is 12.2. The molecule has 2 atom stereocenters. The molecule has 3 aromatic rings. The number of hydrogen-bond donors (Lipinski definition) is 0. The second-order valence-corrected chi connectivity index (χ2v) is 9.24. The van der Waals surface area contributed by atoms with E-state index in [0.29, 0.717) is 26.2 Å². The van der Waals surface area contributed by atoms with E-state index in [-0.39, 0.29) is 11.9 Å². The first-order chi connectivity index (χ1) is 18.2. The fraction of sp³-hybridized carbons (Fsp3) is 0.406. The van der Waals surface area contributed by atoms with Gasteiger partial charge in [0, 0.05) is 24.5 Å². The van der Waals surface area contributed by atoms with Crippen LogP contribution in [0, 0.1) is 0 Å². The Morgan fingerprint density at radius 3 is 2.38 bits per heavy atom. The van der Waals surface area contributed by atoms with E-state index in [1.165, 1.54) is 22.3 Å². The third-order valence-electron chi connectivity index (χ3n) is 6.73. The highest BCUT2D eigenvalue weighted by Gasteiger charge is 2.30. The lowest BCUT2D eigenvalue weighted by atomic mass is 9.94. The van der Waals surface area contributed by atoms with Crippen LogP contribution in [0.4, 0.5) is 0 Å². The molecule has 4 rings (SSSR count). The summed E-state index contributed by atoms with van der Waals surface area (Å²) in [6.45, 7) is 8.01. The van der Waals surface area contributed by atoms with Crippen LogP contribution in [-0.2, 0) is 20.7 Å². The van der Waals surface area contributed by atoms with Crippen LogP contribution >= 0.6 is 0 Å². The maximum Gasteiger partial charge on any atom is 0.335 e. The normalized spacial score (nSPS) is 14.5. The fourth-order valence-corrected chi connectivity index (χ4v) is 4.96. The van der Waals surface area contributed by atoms with E-state index in [1.54, 1.807) is 6.92 Å². The van der Waals surface area contributed by atoms with Gasteiger partial charge in [-0.15, -0.1) is 0 Å². The van der Waals surface area contributed by atoms with Crippen molar-refractivity contribution in [2.24, 2.45) is 0 Å². The van der Waals surface area contributed by atoms with Crippen LogP contribution in [0.1, 0.15) is 62.6 Å². The summed E-state index contributed by atoms with van der Waals surface area (Å²) >= 11 is 0. The number of fused-ring (bicyclic) bond motifs is 3. The number of benzene rings is 3. The van der Waals surface area contributed by atoms with Crippen molar-refractivity contribution in [3.8, 4) is 22.6 Å². The number of carbonyl (C=O) groups excluding carboxylic acids is 1. The number of rotatable bonds is 14. The van der Waals surface area contributed by atoms with Crippen molar-refractivity contribution in [1.82, 2.24) is 0 Å². The molecule has 0 heterocycles. The largest absolute Gasteiger partial charge is 0.494 e. The zero-order valence-corrected chi connectivity index (χ0v) is 22.2.